The molecule has 1 aliphatic heterocycles. The van der Waals surface area contributed by atoms with Crippen molar-refractivity contribution in [3.05, 3.63) is 117 Å². The van der Waals surface area contributed by atoms with Crippen LogP contribution in [0.4, 0.5) is 0 Å². The van der Waals surface area contributed by atoms with Crippen LogP contribution in [0.5, 0.6) is 0 Å². The second-order valence-electron chi connectivity index (χ2n) is 11.0. The van der Waals surface area contributed by atoms with E-state index in [0.717, 1.165) is 45.3 Å². The van der Waals surface area contributed by atoms with E-state index >= 15 is 0 Å². The van der Waals surface area contributed by atoms with Gasteiger partial charge < -0.3 is 20.1 Å². The van der Waals surface area contributed by atoms with E-state index in [4.69, 9.17) is 15.2 Å². The number of benzene rings is 3. The maximum Gasteiger partial charge on any atom is 0.331 e. The number of halogens is 1. The number of aryl methyl sites for hydroxylation is 1. The molecule has 0 spiro atoms. The van der Waals surface area contributed by atoms with Crippen molar-refractivity contribution in [2.75, 3.05) is 32.8 Å². The van der Waals surface area contributed by atoms with Crippen molar-refractivity contribution in [1.29, 1.82) is 0 Å². The average molecular weight is 621 g/mol. The fourth-order valence-corrected chi connectivity index (χ4v) is 5.78. The third kappa shape index (κ3) is 8.45. The molecule has 44 heavy (non-hydrogen) atoms. The number of carbonyl (C=O) groups excluding carboxylic acids is 1. The molecule has 1 saturated heterocycles. The van der Waals surface area contributed by atoms with Crippen LogP contribution in [0.25, 0.3) is 10.9 Å². The first-order chi connectivity index (χ1) is 21.0. The third-order valence-corrected chi connectivity index (χ3v) is 8.01. The predicted molar refractivity (Wildman–Crippen MR) is 174 cm³/mol. The number of primary amides is 1. The fourth-order valence-electron chi connectivity index (χ4n) is 5.78. The van der Waals surface area contributed by atoms with Crippen LogP contribution in [0.3, 0.4) is 0 Å². The number of aromatic nitrogens is 2. The summed E-state index contributed by atoms with van der Waals surface area (Å²) in [6.45, 7) is 3.26. The van der Waals surface area contributed by atoms with Gasteiger partial charge in [0, 0.05) is 19.6 Å². The Labute approximate surface area is 263 Å². The molecule has 0 radical (unpaired) electrons. The van der Waals surface area contributed by atoms with Gasteiger partial charge in [0.05, 0.1) is 30.2 Å². The number of nitrogens with zero attached hydrogens (tertiary/aromatic N) is 3. The molecule has 0 saturated carbocycles. The Hall–Kier alpha value is -3.76. The number of hydrogen-bond acceptors (Lipinski definition) is 6. The van der Waals surface area contributed by atoms with Crippen LogP contribution in [0.2, 0.25) is 0 Å². The smallest absolute Gasteiger partial charge is 0.331 e. The van der Waals surface area contributed by atoms with E-state index in [0.29, 0.717) is 17.4 Å². The Morgan fingerprint density at radius 3 is 2.02 bits per heavy atom. The van der Waals surface area contributed by atoms with Crippen LogP contribution in [0.1, 0.15) is 42.9 Å². The maximum atomic E-state index is 13.3. The molecule has 0 atom stereocenters. The third-order valence-electron chi connectivity index (χ3n) is 8.01. The molecule has 0 unspecified atom stereocenters. The molecular weight excluding hydrogens is 580 g/mol. The minimum absolute atomic E-state index is 0. The second-order valence-corrected chi connectivity index (χ2v) is 11.0. The first-order valence-electron chi connectivity index (χ1n) is 15.1. The highest BCUT2D eigenvalue weighted by Gasteiger charge is 2.24. The molecule has 4 aromatic rings. The summed E-state index contributed by atoms with van der Waals surface area (Å²) in [4.78, 5) is 39.7. The molecule has 0 bridgehead atoms. The van der Waals surface area contributed by atoms with Crippen LogP contribution in [-0.4, -0.2) is 58.9 Å². The lowest BCUT2D eigenvalue weighted by atomic mass is 10.00. The number of ether oxygens (including phenoxy) is 2. The maximum absolute atomic E-state index is 13.3. The normalized spacial score (nSPS) is 14.1. The molecule has 0 aliphatic carbocycles. The monoisotopic (exact) mass is 620 g/mol. The van der Waals surface area contributed by atoms with Crippen molar-refractivity contribution < 1.29 is 14.3 Å². The van der Waals surface area contributed by atoms with Crippen LogP contribution in [-0.2, 0) is 27.4 Å². The predicted octanol–water partition coefficient (Wildman–Crippen LogP) is 4.14. The number of unbranched alkanes of at least 4 members (excludes halogenated alkanes) is 1. The lowest BCUT2D eigenvalue weighted by Gasteiger charge is -2.34. The number of rotatable bonds is 14. The highest BCUT2D eigenvalue weighted by atomic mass is 35.5. The van der Waals surface area contributed by atoms with Crippen molar-refractivity contribution in [1.82, 2.24) is 14.0 Å². The minimum Gasteiger partial charge on any atom is -0.370 e. The fraction of sp³-hybridized carbons (Fsp3) is 0.382. The number of likely N-dealkylation sites (tertiary alicyclic amines) is 1. The zero-order chi connectivity index (χ0) is 30.0. The molecule has 5 rings (SSSR count). The number of hydrogen-bond donors (Lipinski definition) is 1. The van der Waals surface area contributed by atoms with E-state index < -0.39 is 5.91 Å². The molecule has 1 aliphatic rings. The Kier molecular flexibility index (Phi) is 12.3. The van der Waals surface area contributed by atoms with E-state index in [1.165, 1.54) is 15.7 Å². The zero-order valence-electron chi connectivity index (χ0n) is 24.9. The number of fused-ring (bicyclic) bond motifs is 1. The molecule has 9 nitrogen and oxygen atoms in total. The summed E-state index contributed by atoms with van der Waals surface area (Å²) in [5.74, 6) is -0.594. The van der Waals surface area contributed by atoms with Gasteiger partial charge in [-0.15, -0.1) is 12.4 Å². The standard InChI is InChI=1S/C34H40N4O5.ClH/c35-31(39)25-42-24-23-38-33(40)29-15-7-8-16-30(29)37(34(38)41)20-10-9-19-36-21-17-28(18-22-36)43-32(26-11-3-1-4-12-26)27-13-5-2-6-14-27;/h1-8,11-16,28,32H,9-10,17-25H2,(H2,35,39);1H. The molecule has 10 heteroatoms. The number of nitrogens with two attached hydrogens (primary N) is 1. The van der Waals surface area contributed by atoms with Crippen LogP contribution < -0.4 is 17.0 Å². The van der Waals surface area contributed by atoms with Gasteiger partial charge in [-0.05, 0) is 55.5 Å². The van der Waals surface area contributed by atoms with Gasteiger partial charge in [0.15, 0.2) is 0 Å². The van der Waals surface area contributed by atoms with E-state index in [9.17, 15) is 14.4 Å². The Morgan fingerprint density at radius 1 is 0.795 bits per heavy atom. The molecule has 3 aromatic carbocycles. The Morgan fingerprint density at radius 2 is 1.39 bits per heavy atom. The van der Waals surface area contributed by atoms with E-state index in [2.05, 4.69) is 53.4 Å². The van der Waals surface area contributed by atoms with Gasteiger partial charge in [-0.25, -0.2) is 4.79 Å². The number of para-hydroxylation sites is 1. The van der Waals surface area contributed by atoms with Gasteiger partial charge >= 0.3 is 5.69 Å². The summed E-state index contributed by atoms with van der Waals surface area (Å²) in [6.07, 6.45) is 3.81. The van der Waals surface area contributed by atoms with Crippen molar-refractivity contribution in [2.45, 2.75) is 51.0 Å². The highest BCUT2D eigenvalue weighted by Crippen LogP contribution is 2.30. The lowest BCUT2D eigenvalue weighted by Crippen LogP contribution is -2.41. The SMILES string of the molecule is Cl.NC(=O)COCCn1c(=O)c2ccccc2n(CCCCN2CCC(OC(c3ccccc3)c3ccccc3)CC2)c1=O. The van der Waals surface area contributed by atoms with Gasteiger partial charge in [0.2, 0.25) is 5.91 Å². The molecular formula is C34H41ClN4O5. The second kappa shape index (κ2) is 16.4. The van der Waals surface area contributed by atoms with E-state index in [-0.39, 0.29) is 55.6 Å². The Bertz CT molecular complexity index is 1560. The van der Waals surface area contributed by atoms with Gasteiger partial charge in [-0.1, -0.05) is 72.8 Å². The summed E-state index contributed by atoms with van der Waals surface area (Å²) < 4.78 is 14.8. The first-order valence-corrected chi connectivity index (χ1v) is 15.1. The minimum atomic E-state index is -0.594. The molecule has 1 aromatic heterocycles. The molecule has 2 N–H and O–H groups in total. The lowest BCUT2D eigenvalue weighted by molar-refractivity contribution is -0.122. The summed E-state index contributed by atoms with van der Waals surface area (Å²) in [7, 11) is 0. The van der Waals surface area contributed by atoms with Gasteiger partial charge in [-0.3, -0.25) is 18.7 Å². The van der Waals surface area contributed by atoms with E-state index in [1.807, 2.05) is 24.3 Å². The first kappa shape index (κ1) is 33.1. The van der Waals surface area contributed by atoms with Crippen LogP contribution >= 0.6 is 12.4 Å². The largest absolute Gasteiger partial charge is 0.370 e. The summed E-state index contributed by atoms with van der Waals surface area (Å²) in [5, 5.41) is 0.489. The van der Waals surface area contributed by atoms with Crippen molar-refractivity contribution in [3.63, 3.8) is 0 Å². The Balaban J connectivity index is 0.00000442. The topological polar surface area (TPSA) is 109 Å². The quantitative estimate of drug-likeness (QED) is 0.212. The van der Waals surface area contributed by atoms with Gasteiger partial charge in [0.1, 0.15) is 12.7 Å². The van der Waals surface area contributed by atoms with Crippen molar-refractivity contribution in [2.24, 2.45) is 5.73 Å². The van der Waals surface area contributed by atoms with Gasteiger partial charge in [0.25, 0.3) is 5.56 Å². The van der Waals surface area contributed by atoms with Gasteiger partial charge in [-0.2, -0.15) is 0 Å². The summed E-state index contributed by atoms with van der Waals surface area (Å²) in [6, 6.07) is 28.0. The zero-order valence-corrected chi connectivity index (χ0v) is 25.7. The molecule has 2 heterocycles. The molecule has 234 valence electrons. The number of carbonyl (C=O) groups is 1. The van der Waals surface area contributed by atoms with Crippen LogP contribution in [0, 0.1) is 0 Å². The summed E-state index contributed by atoms with van der Waals surface area (Å²) >= 11 is 0. The number of amides is 1. The molecule has 1 fully saturated rings. The average Bonchev–Trinajstić information content (AvgIpc) is 3.04. The summed E-state index contributed by atoms with van der Waals surface area (Å²) in [5.41, 5.74) is 7.37. The molecule has 1 amide bonds. The highest BCUT2D eigenvalue weighted by molar-refractivity contribution is 5.85. The van der Waals surface area contributed by atoms with Crippen LogP contribution in [0.15, 0.2) is 94.5 Å². The van der Waals surface area contributed by atoms with E-state index in [1.54, 1.807) is 16.7 Å². The van der Waals surface area contributed by atoms with Crippen molar-refractivity contribution >= 4 is 29.2 Å². The van der Waals surface area contributed by atoms with Crippen molar-refractivity contribution in [3.8, 4) is 0 Å². The number of piperidine rings is 1.